The predicted octanol–water partition coefficient (Wildman–Crippen LogP) is 6.41. The lowest BCUT2D eigenvalue weighted by atomic mass is 9.95. The van der Waals surface area contributed by atoms with E-state index in [0.29, 0.717) is 0 Å². The van der Waals surface area contributed by atoms with Crippen molar-refractivity contribution in [1.29, 1.82) is 0 Å². The van der Waals surface area contributed by atoms with Gasteiger partial charge in [-0.3, -0.25) is 0 Å². The zero-order valence-electron chi connectivity index (χ0n) is 15.2. The molecular weight excluding hydrogens is 304 g/mol. The van der Waals surface area contributed by atoms with Gasteiger partial charge in [0.25, 0.3) is 0 Å². The fourth-order valence-corrected chi connectivity index (χ4v) is 4.39. The minimum absolute atomic E-state index is 1.19. The van der Waals surface area contributed by atoms with Crippen LogP contribution in [0.4, 0.5) is 0 Å². The van der Waals surface area contributed by atoms with Gasteiger partial charge in [-0.1, -0.05) is 91.6 Å². The van der Waals surface area contributed by atoms with Gasteiger partial charge < -0.3 is 0 Å². The van der Waals surface area contributed by atoms with Crippen molar-refractivity contribution in [2.45, 2.75) is 45.3 Å². The number of allylic oxidation sites excluding steroid dienone is 4. The van der Waals surface area contributed by atoms with Crippen molar-refractivity contribution in [3.63, 3.8) is 0 Å². The van der Waals surface area contributed by atoms with Crippen LogP contribution < -0.4 is 5.19 Å². The summed E-state index contributed by atoms with van der Waals surface area (Å²) in [7, 11) is -1.21. The SMILES string of the molecule is C[Si](C)(C)c1ccc(-c2ccc(/C3=C/C=C\CCCC3)cc2)cc1. The second-order valence-electron chi connectivity index (χ2n) is 7.77. The van der Waals surface area contributed by atoms with Crippen molar-refractivity contribution in [3.05, 3.63) is 72.3 Å². The molecule has 0 unspecified atom stereocenters. The van der Waals surface area contributed by atoms with E-state index in [9.17, 15) is 0 Å². The average Bonchev–Trinajstić information content (AvgIpc) is 2.54. The largest absolute Gasteiger partial charge is 0.0845 e. The van der Waals surface area contributed by atoms with Gasteiger partial charge in [0.1, 0.15) is 0 Å². The summed E-state index contributed by atoms with van der Waals surface area (Å²) in [6, 6.07) is 18.3. The summed E-state index contributed by atoms with van der Waals surface area (Å²) in [5.74, 6) is 0. The van der Waals surface area contributed by atoms with E-state index >= 15 is 0 Å². The lowest BCUT2D eigenvalue weighted by Crippen LogP contribution is -2.37. The summed E-state index contributed by atoms with van der Waals surface area (Å²) >= 11 is 0. The van der Waals surface area contributed by atoms with Gasteiger partial charge in [0, 0.05) is 0 Å². The van der Waals surface area contributed by atoms with Crippen LogP contribution in [-0.2, 0) is 0 Å². The standard InChI is InChI=1S/C23H28Si/c1-24(2,3)23-17-15-22(16-18-23)21-13-11-20(12-14-21)19-9-7-5-4-6-8-10-19/h5,7,9,11-18H,4,6,8,10H2,1-3H3/b7-5-,19-9+. The number of benzene rings is 2. The number of hydrogen-bond donors (Lipinski definition) is 0. The van der Waals surface area contributed by atoms with E-state index in [-0.39, 0.29) is 0 Å². The Labute approximate surface area is 147 Å². The van der Waals surface area contributed by atoms with E-state index in [2.05, 4.69) is 86.4 Å². The predicted molar refractivity (Wildman–Crippen MR) is 110 cm³/mol. The summed E-state index contributed by atoms with van der Waals surface area (Å²) in [6.45, 7) is 7.19. The molecule has 3 rings (SSSR count). The Bertz CT molecular complexity index is 725. The van der Waals surface area contributed by atoms with Crippen LogP contribution in [-0.4, -0.2) is 8.07 Å². The van der Waals surface area contributed by atoms with Crippen LogP contribution in [0.1, 0.15) is 31.2 Å². The highest BCUT2D eigenvalue weighted by atomic mass is 28.3. The van der Waals surface area contributed by atoms with Crippen molar-refractivity contribution >= 4 is 18.8 Å². The lowest BCUT2D eigenvalue weighted by Gasteiger charge is -2.17. The average molecular weight is 333 g/mol. The molecule has 2 aromatic rings. The Morgan fingerprint density at radius 2 is 1.29 bits per heavy atom. The quantitative estimate of drug-likeness (QED) is 0.569. The Morgan fingerprint density at radius 3 is 1.92 bits per heavy atom. The van der Waals surface area contributed by atoms with Gasteiger partial charge >= 0.3 is 0 Å². The third-order valence-electron chi connectivity index (χ3n) is 4.84. The van der Waals surface area contributed by atoms with Gasteiger partial charge in [-0.15, -0.1) is 0 Å². The molecule has 0 fully saturated rings. The van der Waals surface area contributed by atoms with Gasteiger partial charge in [-0.05, 0) is 47.9 Å². The van der Waals surface area contributed by atoms with Crippen molar-refractivity contribution in [3.8, 4) is 11.1 Å². The highest BCUT2D eigenvalue weighted by molar-refractivity contribution is 6.88. The van der Waals surface area contributed by atoms with Crippen molar-refractivity contribution < 1.29 is 0 Å². The van der Waals surface area contributed by atoms with Crippen molar-refractivity contribution in [2.24, 2.45) is 0 Å². The maximum atomic E-state index is 2.40. The molecule has 0 saturated carbocycles. The summed E-state index contributed by atoms with van der Waals surface area (Å²) in [5.41, 5.74) is 5.45. The molecule has 0 nitrogen and oxygen atoms in total. The van der Waals surface area contributed by atoms with Crippen LogP contribution in [0.3, 0.4) is 0 Å². The number of hydrogen-bond acceptors (Lipinski definition) is 0. The molecule has 0 N–H and O–H groups in total. The van der Waals surface area contributed by atoms with Crippen LogP contribution in [0, 0.1) is 0 Å². The molecule has 0 heterocycles. The summed E-state index contributed by atoms with van der Waals surface area (Å²) in [4.78, 5) is 0. The third kappa shape index (κ3) is 4.15. The fraction of sp³-hybridized carbons (Fsp3) is 0.304. The highest BCUT2D eigenvalue weighted by Crippen LogP contribution is 2.26. The van der Waals surface area contributed by atoms with Crippen molar-refractivity contribution in [1.82, 2.24) is 0 Å². The molecule has 0 atom stereocenters. The minimum atomic E-state index is -1.21. The van der Waals surface area contributed by atoms with E-state index in [0.717, 1.165) is 0 Å². The molecule has 1 heteroatoms. The van der Waals surface area contributed by atoms with Crippen LogP contribution in [0.2, 0.25) is 19.6 Å². The molecule has 2 aromatic carbocycles. The maximum absolute atomic E-state index is 2.40. The van der Waals surface area contributed by atoms with Gasteiger partial charge in [-0.2, -0.15) is 0 Å². The first-order valence-corrected chi connectivity index (χ1v) is 12.6. The molecule has 1 aliphatic rings. The molecule has 1 aliphatic carbocycles. The summed E-state index contributed by atoms with van der Waals surface area (Å²) < 4.78 is 0. The summed E-state index contributed by atoms with van der Waals surface area (Å²) in [6.07, 6.45) is 11.8. The monoisotopic (exact) mass is 332 g/mol. The Kier molecular flexibility index (Phi) is 5.20. The zero-order valence-corrected chi connectivity index (χ0v) is 16.2. The molecule has 0 amide bonds. The van der Waals surface area contributed by atoms with Crippen LogP contribution in [0.5, 0.6) is 0 Å². The fourth-order valence-electron chi connectivity index (χ4n) is 3.22. The van der Waals surface area contributed by atoms with Crippen LogP contribution >= 0.6 is 0 Å². The zero-order chi connectivity index (χ0) is 17.0. The first kappa shape index (κ1) is 17.0. The first-order chi connectivity index (χ1) is 11.5. The molecule has 0 radical (unpaired) electrons. The highest BCUT2D eigenvalue weighted by Gasteiger charge is 2.15. The lowest BCUT2D eigenvalue weighted by molar-refractivity contribution is 0.766. The van der Waals surface area contributed by atoms with Crippen molar-refractivity contribution in [2.75, 3.05) is 0 Å². The van der Waals surface area contributed by atoms with Gasteiger partial charge in [0.05, 0.1) is 8.07 Å². The van der Waals surface area contributed by atoms with Crippen LogP contribution in [0.15, 0.2) is 66.8 Å². The molecule has 0 saturated heterocycles. The van der Waals surface area contributed by atoms with E-state index in [1.807, 2.05) is 0 Å². The molecule has 124 valence electrons. The van der Waals surface area contributed by atoms with Crippen LogP contribution in [0.25, 0.3) is 16.7 Å². The van der Waals surface area contributed by atoms with Gasteiger partial charge in [0.2, 0.25) is 0 Å². The summed E-state index contributed by atoms with van der Waals surface area (Å²) in [5, 5.41) is 1.52. The second-order valence-corrected chi connectivity index (χ2v) is 12.8. The maximum Gasteiger partial charge on any atom is 0.0775 e. The molecule has 0 bridgehead atoms. The van der Waals surface area contributed by atoms with E-state index in [1.54, 1.807) is 0 Å². The second kappa shape index (κ2) is 7.35. The molecular formula is C23H28Si. The van der Waals surface area contributed by atoms with E-state index in [1.165, 1.54) is 53.1 Å². The van der Waals surface area contributed by atoms with Gasteiger partial charge in [0.15, 0.2) is 0 Å². The Morgan fingerprint density at radius 1 is 0.708 bits per heavy atom. The molecule has 0 aliphatic heterocycles. The minimum Gasteiger partial charge on any atom is -0.0845 e. The molecule has 0 aromatic heterocycles. The van der Waals surface area contributed by atoms with Gasteiger partial charge in [-0.25, -0.2) is 0 Å². The topological polar surface area (TPSA) is 0 Å². The Balaban J connectivity index is 1.81. The molecule has 0 spiro atoms. The third-order valence-corrected chi connectivity index (χ3v) is 6.91. The molecule has 24 heavy (non-hydrogen) atoms. The van der Waals surface area contributed by atoms with E-state index in [4.69, 9.17) is 0 Å². The smallest absolute Gasteiger partial charge is 0.0775 e. The number of rotatable bonds is 3. The Hall–Kier alpha value is -1.86. The first-order valence-electron chi connectivity index (χ1n) is 9.11. The van der Waals surface area contributed by atoms with E-state index < -0.39 is 8.07 Å². The normalized spacial score (nSPS) is 19.0.